The van der Waals surface area contributed by atoms with Gasteiger partial charge in [-0.1, -0.05) is 6.07 Å². The first kappa shape index (κ1) is 23.8. The standard InChI is InChI=1S/C28H34N8O/c1-35-9-5-18(6-10-35)28(37)34-21-14-22-24(16-30-26(22)29-15-21)19-3-4-25-23(13-19)27(32-17-31-25)33-20-7-11-36(2)12-8-20/h3-4,13-18,20H,5-12H2,1-2H3,(H,29,30)(H,34,37)(H,31,32,33). The number of pyridine rings is 1. The lowest BCUT2D eigenvalue weighted by molar-refractivity contribution is -0.121. The maximum Gasteiger partial charge on any atom is 0.227 e. The maximum absolute atomic E-state index is 12.9. The zero-order valence-electron chi connectivity index (χ0n) is 21.5. The monoisotopic (exact) mass is 498 g/mol. The molecule has 0 spiro atoms. The van der Waals surface area contributed by atoms with Crippen LogP contribution in [0, 0.1) is 5.92 Å². The average Bonchev–Trinajstić information content (AvgIpc) is 3.33. The number of carbonyl (C=O) groups excluding carboxylic acids is 1. The number of benzene rings is 1. The Balaban J connectivity index is 1.27. The fourth-order valence-electron chi connectivity index (χ4n) is 5.51. The summed E-state index contributed by atoms with van der Waals surface area (Å²) in [5.74, 6) is 1.01. The molecule has 1 aromatic carbocycles. The molecule has 0 atom stereocenters. The first-order valence-electron chi connectivity index (χ1n) is 13.2. The molecule has 2 fully saturated rings. The Hall–Kier alpha value is -3.56. The molecule has 0 unspecified atom stereocenters. The van der Waals surface area contributed by atoms with Crippen LogP contribution < -0.4 is 10.6 Å². The molecule has 1 amide bonds. The van der Waals surface area contributed by atoms with Crippen LogP contribution >= 0.6 is 0 Å². The van der Waals surface area contributed by atoms with Crippen LogP contribution in [0.2, 0.25) is 0 Å². The third-order valence-corrected chi connectivity index (χ3v) is 7.89. The highest BCUT2D eigenvalue weighted by Crippen LogP contribution is 2.33. The number of aromatic nitrogens is 4. The number of nitrogens with one attached hydrogen (secondary N) is 3. The third kappa shape index (κ3) is 5.01. The average molecular weight is 499 g/mol. The number of amides is 1. The molecular formula is C28H34N8O. The number of hydrogen-bond acceptors (Lipinski definition) is 7. The summed E-state index contributed by atoms with van der Waals surface area (Å²) in [4.78, 5) is 34.5. The van der Waals surface area contributed by atoms with Gasteiger partial charge in [-0.3, -0.25) is 4.79 Å². The largest absolute Gasteiger partial charge is 0.367 e. The SMILES string of the molecule is CN1CCC(Nc2ncnc3ccc(-c4c[nH]c5ncc(NC(=O)C6CCN(C)CC6)cc45)cc23)CC1. The summed E-state index contributed by atoms with van der Waals surface area (Å²) in [7, 11) is 4.27. The normalized spacial score (nSPS) is 18.4. The minimum atomic E-state index is 0.0496. The maximum atomic E-state index is 12.9. The van der Waals surface area contributed by atoms with E-state index in [4.69, 9.17) is 0 Å². The summed E-state index contributed by atoms with van der Waals surface area (Å²) in [5.41, 5.74) is 4.53. The Morgan fingerprint density at radius 3 is 2.49 bits per heavy atom. The molecule has 3 N–H and O–H groups in total. The van der Waals surface area contributed by atoms with Gasteiger partial charge in [0.25, 0.3) is 0 Å². The van der Waals surface area contributed by atoms with Gasteiger partial charge in [-0.05, 0) is 89.7 Å². The Bertz CT molecular complexity index is 1420. The molecule has 6 rings (SSSR count). The van der Waals surface area contributed by atoms with E-state index in [1.54, 1.807) is 12.5 Å². The van der Waals surface area contributed by atoms with Gasteiger partial charge < -0.3 is 25.4 Å². The molecule has 0 radical (unpaired) electrons. The van der Waals surface area contributed by atoms with Gasteiger partial charge in [0.1, 0.15) is 17.8 Å². The highest BCUT2D eigenvalue weighted by Gasteiger charge is 2.24. The first-order valence-corrected chi connectivity index (χ1v) is 13.2. The molecule has 37 heavy (non-hydrogen) atoms. The second kappa shape index (κ2) is 10.1. The highest BCUT2D eigenvalue weighted by atomic mass is 16.1. The van der Waals surface area contributed by atoms with Crippen molar-refractivity contribution in [3.05, 3.63) is 43.0 Å². The van der Waals surface area contributed by atoms with E-state index in [1.807, 2.05) is 18.3 Å². The molecule has 3 aromatic heterocycles. The second-order valence-electron chi connectivity index (χ2n) is 10.6. The van der Waals surface area contributed by atoms with Gasteiger partial charge in [0.2, 0.25) is 5.91 Å². The minimum absolute atomic E-state index is 0.0496. The van der Waals surface area contributed by atoms with Crippen LogP contribution in [0.25, 0.3) is 33.1 Å². The van der Waals surface area contributed by atoms with Crippen molar-refractivity contribution >= 4 is 39.3 Å². The van der Waals surface area contributed by atoms with Gasteiger partial charge >= 0.3 is 0 Å². The van der Waals surface area contributed by atoms with Crippen molar-refractivity contribution in [2.75, 3.05) is 50.9 Å². The van der Waals surface area contributed by atoms with E-state index in [0.717, 1.165) is 96.4 Å². The van der Waals surface area contributed by atoms with Gasteiger partial charge in [0.15, 0.2) is 0 Å². The van der Waals surface area contributed by atoms with E-state index in [2.05, 4.69) is 66.6 Å². The van der Waals surface area contributed by atoms with Crippen molar-refractivity contribution in [1.29, 1.82) is 0 Å². The molecule has 0 aliphatic carbocycles. The number of carbonyl (C=O) groups is 1. The summed E-state index contributed by atoms with van der Waals surface area (Å²) < 4.78 is 0. The zero-order chi connectivity index (χ0) is 25.4. The molecular weight excluding hydrogens is 464 g/mol. The number of nitrogens with zero attached hydrogens (tertiary/aromatic N) is 5. The van der Waals surface area contributed by atoms with Crippen molar-refractivity contribution in [3.63, 3.8) is 0 Å². The number of aromatic amines is 1. The Morgan fingerprint density at radius 1 is 0.946 bits per heavy atom. The van der Waals surface area contributed by atoms with E-state index in [0.29, 0.717) is 6.04 Å². The van der Waals surface area contributed by atoms with Crippen molar-refractivity contribution in [3.8, 4) is 11.1 Å². The van der Waals surface area contributed by atoms with Gasteiger partial charge in [-0.2, -0.15) is 0 Å². The van der Waals surface area contributed by atoms with Gasteiger partial charge in [0.05, 0.1) is 17.4 Å². The predicted octanol–water partition coefficient (Wildman–Crippen LogP) is 3.96. The smallest absolute Gasteiger partial charge is 0.227 e. The van der Waals surface area contributed by atoms with Gasteiger partial charge in [-0.15, -0.1) is 0 Å². The number of H-pyrrole nitrogens is 1. The fourth-order valence-corrected chi connectivity index (χ4v) is 5.51. The molecule has 5 heterocycles. The van der Waals surface area contributed by atoms with Crippen LogP contribution in [0.3, 0.4) is 0 Å². The van der Waals surface area contributed by atoms with Crippen molar-refractivity contribution in [2.45, 2.75) is 31.7 Å². The molecule has 9 nitrogen and oxygen atoms in total. The lowest BCUT2D eigenvalue weighted by Crippen LogP contribution is -2.36. The van der Waals surface area contributed by atoms with Crippen LogP contribution in [-0.2, 0) is 4.79 Å². The Labute approximate surface area is 216 Å². The van der Waals surface area contributed by atoms with Crippen LogP contribution in [0.1, 0.15) is 25.7 Å². The zero-order valence-corrected chi connectivity index (χ0v) is 21.5. The first-order chi connectivity index (χ1) is 18.0. The highest BCUT2D eigenvalue weighted by molar-refractivity contribution is 6.01. The molecule has 2 aliphatic rings. The number of fused-ring (bicyclic) bond motifs is 2. The van der Waals surface area contributed by atoms with Crippen LogP contribution in [0.5, 0.6) is 0 Å². The predicted molar refractivity (Wildman–Crippen MR) is 148 cm³/mol. The molecule has 2 aliphatic heterocycles. The fraction of sp³-hybridized carbons (Fsp3) is 0.429. The lowest BCUT2D eigenvalue weighted by Gasteiger charge is -2.30. The van der Waals surface area contributed by atoms with E-state index >= 15 is 0 Å². The molecule has 9 heteroatoms. The molecule has 4 aromatic rings. The van der Waals surface area contributed by atoms with E-state index in [1.165, 1.54) is 0 Å². The van der Waals surface area contributed by atoms with Crippen LogP contribution in [0.4, 0.5) is 11.5 Å². The topological polar surface area (TPSA) is 102 Å². The van der Waals surface area contributed by atoms with Gasteiger partial charge in [-0.25, -0.2) is 15.0 Å². The summed E-state index contributed by atoms with van der Waals surface area (Å²) in [6.45, 7) is 4.09. The molecule has 192 valence electrons. The number of anilines is 2. The van der Waals surface area contributed by atoms with Crippen molar-refractivity contribution in [2.24, 2.45) is 5.92 Å². The molecule has 0 saturated carbocycles. The third-order valence-electron chi connectivity index (χ3n) is 7.89. The van der Waals surface area contributed by atoms with E-state index < -0.39 is 0 Å². The summed E-state index contributed by atoms with van der Waals surface area (Å²) in [6.07, 6.45) is 9.32. The Kier molecular flexibility index (Phi) is 6.48. The summed E-state index contributed by atoms with van der Waals surface area (Å²) in [6, 6.07) is 8.71. The number of rotatable bonds is 5. The van der Waals surface area contributed by atoms with E-state index in [-0.39, 0.29) is 11.8 Å². The number of piperidine rings is 2. The summed E-state index contributed by atoms with van der Waals surface area (Å²) in [5, 5.41) is 8.76. The van der Waals surface area contributed by atoms with Crippen LogP contribution in [0.15, 0.2) is 43.0 Å². The Morgan fingerprint density at radius 2 is 1.70 bits per heavy atom. The minimum Gasteiger partial charge on any atom is -0.367 e. The number of hydrogen-bond donors (Lipinski definition) is 3. The second-order valence-corrected chi connectivity index (χ2v) is 10.6. The lowest BCUT2D eigenvalue weighted by atomic mass is 9.96. The van der Waals surface area contributed by atoms with Crippen molar-refractivity contribution < 1.29 is 4.79 Å². The molecule has 0 bridgehead atoms. The van der Waals surface area contributed by atoms with E-state index in [9.17, 15) is 4.79 Å². The quantitative estimate of drug-likeness (QED) is 0.383. The number of likely N-dealkylation sites (tertiary alicyclic amines) is 2. The van der Waals surface area contributed by atoms with Crippen LogP contribution in [-0.4, -0.2) is 82.0 Å². The van der Waals surface area contributed by atoms with Gasteiger partial charge in [0, 0.05) is 34.5 Å². The summed E-state index contributed by atoms with van der Waals surface area (Å²) >= 11 is 0. The molecule has 2 saturated heterocycles. The van der Waals surface area contributed by atoms with Crippen molar-refractivity contribution in [1.82, 2.24) is 29.7 Å².